The number of carbonyl (C=O) groups excluding carboxylic acids is 1. The van der Waals surface area contributed by atoms with E-state index in [4.69, 9.17) is 4.42 Å². The molecule has 0 saturated heterocycles. The lowest BCUT2D eigenvalue weighted by molar-refractivity contribution is -0.116. The van der Waals surface area contributed by atoms with Crippen LogP contribution in [0, 0.1) is 6.92 Å². The van der Waals surface area contributed by atoms with E-state index in [9.17, 15) is 9.90 Å². The minimum atomic E-state index is -0.711. The fourth-order valence-electron chi connectivity index (χ4n) is 1.87. The van der Waals surface area contributed by atoms with E-state index >= 15 is 0 Å². The highest BCUT2D eigenvalue weighted by Gasteiger charge is 2.10. The summed E-state index contributed by atoms with van der Waals surface area (Å²) in [6, 6.07) is 11.1. The van der Waals surface area contributed by atoms with Gasteiger partial charge in [0.05, 0.1) is 12.4 Å². The summed E-state index contributed by atoms with van der Waals surface area (Å²) in [5, 5.41) is 12.7. The van der Waals surface area contributed by atoms with Crippen LogP contribution in [0.25, 0.3) is 6.08 Å². The van der Waals surface area contributed by atoms with Gasteiger partial charge in [-0.15, -0.1) is 0 Å². The Kier molecular flexibility index (Phi) is 4.74. The number of hydrogen-bond acceptors (Lipinski definition) is 3. The topological polar surface area (TPSA) is 62.5 Å². The Labute approximate surface area is 117 Å². The summed E-state index contributed by atoms with van der Waals surface area (Å²) in [6.45, 7) is 2.10. The Morgan fingerprint density at radius 2 is 2.15 bits per heavy atom. The number of amides is 1. The van der Waals surface area contributed by atoms with Gasteiger partial charge in [0.25, 0.3) is 0 Å². The Hall–Kier alpha value is -2.33. The van der Waals surface area contributed by atoms with Gasteiger partial charge in [-0.25, -0.2) is 0 Å². The largest absolute Gasteiger partial charge is 0.465 e. The number of nitrogens with one attached hydrogen (secondary N) is 1. The SMILES string of the molecule is Cc1ccccc1C(O)CNC(=O)/C=C/c1ccco1. The van der Waals surface area contributed by atoms with Gasteiger partial charge in [0, 0.05) is 12.6 Å². The van der Waals surface area contributed by atoms with E-state index in [2.05, 4.69) is 5.32 Å². The molecule has 1 heterocycles. The molecule has 1 amide bonds. The average Bonchev–Trinajstić information content (AvgIpc) is 2.96. The Balaban J connectivity index is 1.86. The van der Waals surface area contributed by atoms with Gasteiger partial charge >= 0.3 is 0 Å². The average molecular weight is 271 g/mol. The third-order valence-electron chi connectivity index (χ3n) is 2.96. The van der Waals surface area contributed by atoms with Crippen LogP contribution in [0.15, 0.2) is 53.2 Å². The Morgan fingerprint density at radius 3 is 2.85 bits per heavy atom. The van der Waals surface area contributed by atoms with Crippen LogP contribution in [-0.4, -0.2) is 17.6 Å². The van der Waals surface area contributed by atoms with Crippen molar-refractivity contribution in [2.24, 2.45) is 0 Å². The number of furan rings is 1. The highest BCUT2D eigenvalue weighted by Crippen LogP contribution is 2.16. The molecule has 0 fully saturated rings. The molecule has 4 nitrogen and oxygen atoms in total. The normalized spacial score (nSPS) is 12.5. The first-order chi connectivity index (χ1) is 9.66. The first-order valence-corrected chi connectivity index (χ1v) is 6.40. The number of hydrogen-bond donors (Lipinski definition) is 2. The van der Waals surface area contributed by atoms with Gasteiger partial charge in [0.15, 0.2) is 0 Å². The summed E-state index contributed by atoms with van der Waals surface area (Å²) in [5.74, 6) is 0.341. The summed E-state index contributed by atoms with van der Waals surface area (Å²) in [6.07, 6.45) is 3.79. The molecule has 2 aromatic rings. The zero-order valence-electron chi connectivity index (χ0n) is 11.2. The van der Waals surface area contributed by atoms with Crippen LogP contribution in [-0.2, 0) is 4.79 Å². The Morgan fingerprint density at radius 1 is 1.35 bits per heavy atom. The maximum Gasteiger partial charge on any atom is 0.244 e. The summed E-state index contributed by atoms with van der Waals surface area (Å²) in [7, 11) is 0. The molecule has 0 radical (unpaired) electrons. The highest BCUT2D eigenvalue weighted by atomic mass is 16.3. The van der Waals surface area contributed by atoms with Crippen LogP contribution in [0.4, 0.5) is 0 Å². The fraction of sp³-hybridized carbons (Fsp3) is 0.188. The molecule has 1 aromatic carbocycles. The van der Waals surface area contributed by atoms with Crippen molar-refractivity contribution in [2.45, 2.75) is 13.0 Å². The summed E-state index contributed by atoms with van der Waals surface area (Å²) < 4.78 is 5.08. The second-order valence-electron chi connectivity index (χ2n) is 4.47. The van der Waals surface area contributed by atoms with Crippen LogP contribution in [0.1, 0.15) is 23.0 Å². The van der Waals surface area contributed by atoms with Crippen LogP contribution < -0.4 is 5.32 Å². The van der Waals surface area contributed by atoms with Gasteiger partial charge < -0.3 is 14.8 Å². The lowest BCUT2D eigenvalue weighted by Gasteiger charge is -2.13. The number of rotatable bonds is 5. The van der Waals surface area contributed by atoms with Crippen LogP contribution in [0.2, 0.25) is 0 Å². The van der Waals surface area contributed by atoms with Gasteiger partial charge in [-0.1, -0.05) is 24.3 Å². The summed E-state index contributed by atoms with van der Waals surface area (Å²) in [4.78, 5) is 11.6. The smallest absolute Gasteiger partial charge is 0.244 e. The van der Waals surface area contributed by atoms with E-state index < -0.39 is 6.10 Å². The van der Waals surface area contributed by atoms with Gasteiger partial charge in [-0.05, 0) is 36.3 Å². The monoisotopic (exact) mass is 271 g/mol. The van der Waals surface area contributed by atoms with E-state index in [1.807, 2.05) is 31.2 Å². The molecular formula is C16H17NO3. The maximum absolute atomic E-state index is 11.6. The zero-order chi connectivity index (χ0) is 14.4. The molecule has 0 spiro atoms. The first kappa shape index (κ1) is 14.1. The zero-order valence-corrected chi connectivity index (χ0v) is 11.2. The molecule has 20 heavy (non-hydrogen) atoms. The fourth-order valence-corrected chi connectivity index (χ4v) is 1.87. The highest BCUT2D eigenvalue weighted by molar-refractivity contribution is 5.91. The standard InChI is InChI=1S/C16H17NO3/c1-12-5-2-3-7-14(12)15(18)11-17-16(19)9-8-13-6-4-10-20-13/h2-10,15,18H,11H2,1H3,(H,17,19)/b9-8+. The third kappa shape index (κ3) is 3.83. The van der Waals surface area contributed by atoms with Crippen LogP contribution in [0.3, 0.4) is 0 Å². The van der Waals surface area contributed by atoms with Crippen molar-refractivity contribution >= 4 is 12.0 Å². The molecule has 1 atom stereocenters. The molecule has 2 N–H and O–H groups in total. The van der Waals surface area contributed by atoms with Crippen molar-refractivity contribution in [1.29, 1.82) is 0 Å². The van der Waals surface area contributed by atoms with Gasteiger partial charge in [0.2, 0.25) is 5.91 Å². The predicted octanol–water partition coefficient (Wildman–Crippen LogP) is 2.45. The lowest BCUT2D eigenvalue weighted by Crippen LogP contribution is -2.26. The molecule has 2 rings (SSSR count). The second kappa shape index (κ2) is 6.73. The number of aliphatic hydroxyl groups is 1. The number of aliphatic hydroxyl groups excluding tert-OH is 1. The molecule has 0 aliphatic rings. The van der Waals surface area contributed by atoms with E-state index in [1.54, 1.807) is 24.5 Å². The van der Waals surface area contributed by atoms with Crippen molar-refractivity contribution in [1.82, 2.24) is 5.32 Å². The summed E-state index contributed by atoms with van der Waals surface area (Å²) >= 11 is 0. The van der Waals surface area contributed by atoms with Crippen molar-refractivity contribution in [3.05, 3.63) is 65.6 Å². The number of aryl methyl sites for hydroxylation is 1. The van der Waals surface area contributed by atoms with E-state index in [1.165, 1.54) is 6.08 Å². The molecule has 0 saturated carbocycles. The van der Waals surface area contributed by atoms with E-state index in [-0.39, 0.29) is 12.5 Å². The minimum Gasteiger partial charge on any atom is -0.465 e. The van der Waals surface area contributed by atoms with Crippen molar-refractivity contribution in [3.63, 3.8) is 0 Å². The molecule has 1 aromatic heterocycles. The lowest BCUT2D eigenvalue weighted by atomic mass is 10.0. The molecule has 4 heteroatoms. The molecular weight excluding hydrogens is 254 g/mol. The molecule has 104 valence electrons. The van der Waals surface area contributed by atoms with Gasteiger partial charge in [-0.3, -0.25) is 4.79 Å². The van der Waals surface area contributed by atoms with Crippen molar-refractivity contribution < 1.29 is 14.3 Å². The third-order valence-corrected chi connectivity index (χ3v) is 2.96. The molecule has 0 bridgehead atoms. The first-order valence-electron chi connectivity index (χ1n) is 6.40. The van der Waals surface area contributed by atoms with Gasteiger partial charge in [-0.2, -0.15) is 0 Å². The molecule has 0 aliphatic carbocycles. The predicted molar refractivity (Wildman–Crippen MR) is 76.9 cm³/mol. The minimum absolute atomic E-state index is 0.173. The van der Waals surface area contributed by atoms with E-state index in [0.717, 1.165) is 11.1 Å². The van der Waals surface area contributed by atoms with Crippen molar-refractivity contribution in [2.75, 3.05) is 6.54 Å². The van der Waals surface area contributed by atoms with E-state index in [0.29, 0.717) is 5.76 Å². The number of carbonyl (C=O) groups is 1. The second-order valence-corrected chi connectivity index (χ2v) is 4.47. The van der Waals surface area contributed by atoms with Crippen molar-refractivity contribution in [3.8, 4) is 0 Å². The molecule has 0 aliphatic heterocycles. The van der Waals surface area contributed by atoms with Gasteiger partial charge in [0.1, 0.15) is 5.76 Å². The van der Waals surface area contributed by atoms with Crippen LogP contribution >= 0.6 is 0 Å². The summed E-state index contributed by atoms with van der Waals surface area (Å²) in [5.41, 5.74) is 1.82. The Bertz CT molecular complexity index is 588. The molecule has 1 unspecified atom stereocenters. The number of benzene rings is 1. The van der Waals surface area contributed by atoms with Crippen LogP contribution in [0.5, 0.6) is 0 Å². The quantitative estimate of drug-likeness (QED) is 0.821. The maximum atomic E-state index is 11.6.